The minimum absolute atomic E-state index is 0.0265. The number of carbonyl (C=O) groups is 4. The number of carbonyl (C=O) groups excluding carboxylic acids is 4. The van der Waals surface area contributed by atoms with Crippen LogP contribution in [-0.2, 0) is 29.1 Å². The van der Waals surface area contributed by atoms with Crippen molar-refractivity contribution in [2.75, 3.05) is 20.2 Å². The maximum absolute atomic E-state index is 13.8. The summed E-state index contributed by atoms with van der Waals surface area (Å²) in [5.41, 5.74) is -2.31. The molecule has 2 aliphatic carbocycles. The number of fused-ring (bicyclic) bond motifs is 1. The molecule has 0 radical (unpaired) electrons. The molecule has 1 saturated heterocycles. The summed E-state index contributed by atoms with van der Waals surface area (Å²) in [4.78, 5) is 58.4. The Balaban J connectivity index is 1.35. The van der Waals surface area contributed by atoms with E-state index >= 15 is 0 Å². The highest BCUT2D eigenvalue weighted by atomic mass is 32.2. The average Bonchev–Trinajstić information content (AvgIpc) is 3.91. The summed E-state index contributed by atoms with van der Waals surface area (Å²) in [6.45, 7) is 8.29. The Morgan fingerprint density at radius 3 is 2.54 bits per heavy atom. The predicted octanol–water partition coefficient (Wildman–Crippen LogP) is 1.79. The van der Waals surface area contributed by atoms with Crippen molar-refractivity contribution >= 4 is 44.6 Å². The van der Waals surface area contributed by atoms with Crippen LogP contribution in [0.4, 0.5) is 4.79 Å². The summed E-state index contributed by atoms with van der Waals surface area (Å²) < 4.78 is 43.9. The molecule has 0 unspecified atom stereocenters. The lowest BCUT2D eigenvalue weighted by atomic mass is 10.1. The van der Waals surface area contributed by atoms with Gasteiger partial charge < -0.3 is 29.7 Å². The van der Waals surface area contributed by atoms with E-state index in [0.29, 0.717) is 29.9 Å². The highest BCUT2D eigenvalue weighted by Gasteiger charge is 2.62. The zero-order valence-corrected chi connectivity index (χ0v) is 27.0. The lowest BCUT2D eigenvalue weighted by molar-refractivity contribution is -0.139. The molecule has 46 heavy (non-hydrogen) atoms. The summed E-state index contributed by atoms with van der Waals surface area (Å²) in [7, 11) is -2.31. The van der Waals surface area contributed by atoms with Gasteiger partial charge in [-0.2, -0.15) is 0 Å². The van der Waals surface area contributed by atoms with Gasteiger partial charge in [0.05, 0.1) is 18.9 Å². The maximum Gasteiger partial charge on any atom is 0.408 e. The first-order chi connectivity index (χ1) is 21.7. The first kappa shape index (κ1) is 33.0. The largest absolute Gasteiger partial charge is 0.497 e. The second-order valence-corrected chi connectivity index (χ2v) is 14.7. The van der Waals surface area contributed by atoms with Gasteiger partial charge in [-0.15, -0.1) is 6.58 Å². The number of alkyl carbamates (subject to hydrolysis) is 1. The van der Waals surface area contributed by atoms with Crippen LogP contribution in [0.1, 0.15) is 46.5 Å². The summed E-state index contributed by atoms with van der Waals surface area (Å²) in [6.07, 6.45) is 2.68. The molecule has 248 valence electrons. The average molecular weight is 658 g/mol. The Morgan fingerprint density at radius 1 is 1.17 bits per heavy atom. The SMILES string of the molecule is C=C[C@@H]1C[C@]1(NC(=O)[C@@H]1C[C@@H](Oc2nccc3cc(OC)ccc23)CN1C(=O)CNC(=O)OC(C)(C)C)C(=O)NS(=O)(=O)C1CC1. The van der Waals surface area contributed by atoms with E-state index in [0.717, 1.165) is 5.39 Å². The summed E-state index contributed by atoms with van der Waals surface area (Å²) in [5.74, 6) is -1.66. The van der Waals surface area contributed by atoms with Crippen molar-refractivity contribution in [2.45, 2.75) is 75.0 Å². The molecule has 2 saturated carbocycles. The number of nitrogens with zero attached hydrogens (tertiary/aromatic N) is 2. The monoisotopic (exact) mass is 657 g/mol. The first-order valence-corrected chi connectivity index (χ1v) is 16.6. The molecular formula is C31H39N5O9S. The van der Waals surface area contributed by atoms with Crippen molar-refractivity contribution in [3.63, 3.8) is 0 Å². The number of benzene rings is 1. The molecule has 0 bridgehead atoms. The van der Waals surface area contributed by atoms with E-state index in [1.165, 1.54) is 11.0 Å². The van der Waals surface area contributed by atoms with Crippen molar-refractivity contribution in [3.05, 3.63) is 43.1 Å². The zero-order valence-electron chi connectivity index (χ0n) is 26.2. The summed E-state index contributed by atoms with van der Waals surface area (Å²) in [6, 6.07) is 6.08. The predicted molar refractivity (Wildman–Crippen MR) is 166 cm³/mol. The van der Waals surface area contributed by atoms with Gasteiger partial charge >= 0.3 is 6.09 Å². The third-order valence-corrected chi connectivity index (χ3v) is 9.95. The summed E-state index contributed by atoms with van der Waals surface area (Å²) >= 11 is 0. The van der Waals surface area contributed by atoms with E-state index in [1.54, 1.807) is 52.3 Å². The van der Waals surface area contributed by atoms with Crippen LogP contribution in [-0.4, -0.2) is 90.9 Å². The van der Waals surface area contributed by atoms with Crippen molar-refractivity contribution < 1.29 is 41.8 Å². The number of pyridine rings is 1. The molecule has 1 aliphatic heterocycles. The Kier molecular flexibility index (Phi) is 8.90. The second-order valence-electron chi connectivity index (χ2n) is 12.8. The van der Waals surface area contributed by atoms with Crippen LogP contribution in [0.5, 0.6) is 11.6 Å². The molecule has 15 heteroatoms. The number of likely N-dealkylation sites (tertiary alicyclic amines) is 1. The van der Waals surface area contributed by atoms with Gasteiger partial charge in [0.25, 0.3) is 5.91 Å². The zero-order chi connectivity index (χ0) is 33.4. The molecule has 0 spiro atoms. The lowest BCUT2D eigenvalue weighted by Gasteiger charge is -2.27. The number of methoxy groups -OCH3 is 1. The Morgan fingerprint density at radius 2 is 1.91 bits per heavy atom. The fourth-order valence-electron chi connectivity index (χ4n) is 5.50. The highest BCUT2D eigenvalue weighted by Crippen LogP contribution is 2.45. The molecule has 4 amide bonds. The molecule has 2 heterocycles. The Bertz CT molecular complexity index is 1670. The minimum Gasteiger partial charge on any atom is -0.497 e. The van der Waals surface area contributed by atoms with Crippen LogP contribution < -0.4 is 24.8 Å². The molecule has 1 aromatic heterocycles. The van der Waals surface area contributed by atoms with E-state index in [9.17, 15) is 27.6 Å². The quantitative estimate of drug-likeness (QED) is 0.301. The third kappa shape index (κ3) is 7.19. The fourth-order valence-corrected chi connectivity index (χ4v) is 6.86. The highest BCUT2D eigenvalue weighted by molar-refractivity contribution is 7.91. The number of hydrogen-bond acceptors (Lipinski definition) is 10. The van der Waals surface area contributed by atoms with Gasteiger partial charge in [-0.3, -0.25) is 19.1 Å². The van der Waals surface area contributed by atoms with Gasteiger partial charge in [-0.1, -0.05) is 6.08 Å². The van der Waals surface area contributed by atoms with Gasteiger partial charge in [-0.05, 0) is 69.7 Å². The van der Waals surface area contributed by atoms with Crippen molar-refractivity contribution in [1.82, 2.24) is 25.2 Å². The normalized spacial score (nSPS) is 24.1. The molecule has 1 aromatic carbocycles. The number of sulfonamides is 1. The molecule has 2 aromatic rings. The minimum atomic E-state index is -3.87. The standard InChI is InChI=1S/C31H39N5O9S/c1-6-19-15-31(19,28(39)35-46(41,42)22-8-9-22)34-26(38)24-14-21(17-36(24)25(37)16-33-29(40)45-30(2,3)4)44-27-23-10-7-20(43-5)13-18(23)11-12-32-27/h6-7,10-13,19,21-22,24H,1,8-9,14-17H2,2-5H3,(H,33,40)(H,34,38)(H,35,39)/t19-,21-,24+,31-/m1/s1. The lowest BCUT2D eigenvalue weighted by Crippen LogP contribution is -2.57. The van der Waals surface area contributed by atoms with Crippen LogP contribution in [0.2, 0.25) is 0 Å². The molecular weight excluding hydrogens is 618 g/mol. The van der Waals surface area contributed by atoms with E-state index in [2.05, 4.69) is 26.9 Å². The number of aromatic nitrogens is 1. The molecule has 3 fully saturated rings. The smallest absolute Gasteiger partial charge is 0.408 e. The molecule has 5 rings (SSSR count). The number of ether oxygens (including phenoxy) is 3. The van der Waals surface area contributed by atoms with Crippen molar-refractivity contribution in [3.8, 4) is 11.6 Å². The van der Waals surface area contributed by atoms with Crippen LogP contribution in [0, 0.1) is 5.92 Å². The number of amides is 4. The Hall–Kier alpha value is -4.40. The first-order valence-electron chi connectivity index (χ1n) is 15.0. The summed E-state index contributed by atoms with van der Waals surface area (Å²) in [5, 5.41) is 6.01. The number of hydrogen-bond donors (Lipinski definition) is 3. The second kappa shape index (κ2) is 12.4. The van der Waals surface area contributed by atoms with Crippen LogP contribution >= 0.6 is 0 Å². The van der Waals surface area contributed by atoms with Crippen molar-refractivity contribution in [1.29, 1.82) is 0 Å². The van der Waals surface area contributed by atoms with E-state index in [1.807, 2.05) is 6.07 Å². The number of nitrogens with one attached hydrogen (secondary N) is 3. The fraction of sp³-hybridized carbons (Fsp3) is 0.516. The third-order valence-electron chi connectivity index (χ3n) is 8.13. The number of rotatable bonds is 11. The topological polar surface area (TPSA) is 182 Å². The van der Waals surface area contributed by atoms with Gasteiger partial charge in [0.15, 0.2) is 0 Å². The van der Waals surface area contributed by atoms with E-state index < -0.39 is 74.8 Å². The van der Waals surface area contributed by atoms with E-state index in [4.69, 9.17) is 14.2 Å². The molecule has 3 aliphatic rings. The van der Waals surface area contributed by atoms with Crippen molar-refractivity contribution in [2.24, 2.45) is 5.92 Å². The Labute approximate surface area is 267 Å². The molecule has 4 atom stereocenters. The van der Waals surface area contributed by atoms with Gasteiger partial charge in [0.2, 0.25) is 27.7 Å². The van der Waals surface area contributed by atoms with Gasteiger partial charge in [-0.25, -0.2) is 18.2 Å². The van der Waals surface area contributed by atoms with Gasteiger partial charge in [0, 0.05) is 23.9 Å². The van der Waals surface area contributed by atoms with E-state index in [-0.39, 0.29) is 19.4 Å². The molecule has 14 nitrogen and oxygen atoms in total. The van der Waals surface area contributed by atoms with Crippen LogP contribution in [0.3, 0.4) is 0 Å². The molecule has 3 N–H and O–H groups in total. The van der Waals surface area contributed by atoms with Crippen LogP contribution in [0.15, 0.2) is 43.1 Å². The maximum atomic E-state index is 13.8. The van der Waals surface area contributed by atoms with Crippen LogP contribution in [0.25, 0.3) is 10.8 Å². The van der Waals surface area contributed by atoms with Gasteiger partial charge in [0.1, 0.15) is 35.6 Å².